The molecule has 108 valence electrons. The highest BCUT2D eigenvalue weighted by Crippen LogP contribution is 2.31. The first-order valence-corrected chi connectivity index (χ1v) is 5.97. The van der Waals surface area contributed by atoms with Gasteiger partial charge in [-0.05, 0) is 25.3 Å². The summed E-state index contributed by atoms with van der Waals surface area (Å²) in [6.45, 7) is -0.145. The fourth-order valence-electron chi connectivity index (χ4n) is 1.99. The number of hydrogen-bond acceptors (Lipinski definition) is 4. The summed E-state index contributed by atoms with van der Waals surface area (Å²) in [5.41, 5.74) is -3.04. The zero-order valence-electron chi connectivity index (χ0n) is 10.4. The molecule has 0 spiro atoms. The van der Waals surface area contributed by atoms with Crippen LogP contribution < -0.4 is 5.32 Å². The van der Waals surface area contributed by atoms with E-state index in [1.165, 1.54) is 0 Å². The first-order valence-electron chi connectivity index (χ1n) is 5.97. The van der Waals surface area contributed by atoms with Gasteiger partial charge in [0.2, 0.25) is 5.82 Å². The Labute approximate surface area is 112 Å². The Morgan fingerprint density at radius 2 is 2.10 bits per heavy atom. The molecule has 0 unspecified atom stereocenters. The first kappa shape index (κ1) is 14.3. The van der Waals surface area contributed by atoms with Gasteiger partial charge >= 0.3 is 5.69 Å². The highest BCUT2D eigenvalue weighted by molar-refractivity contribution is 5.95. The highest BCUT2D eigenvalue weighted by atomic mass is 19.1. The van der Waals surface area contributed by atoms with Gasteiger partial charge in [0, 0.05) is 12.6 Å². The van der Waals surface area contributed by atoms with Crippen molar-refractivity contribution in [3.8, 4) is 0 Å². The molecule has 1 aromatic carbocycles. The third-order valence-electron chi connectivity index (χ3n) is 3.36. The molecular formula is C12H12F2N2O4. The van der Waals surface area contributed by atoms with Crippen molar-refractivity contribution in [1.29, 1.82) is 0 Å². The molecule has 20 heavy (non-hydrogen) atoms. The quantitative estimate of drug-likeness (QED) is 0.648. The summed E-state index contributed by atoms with van der Waals surface area (Å²) < 4.78 is 27.2. The van der Waals surface area contributed by atoms with Gasteiger partial charge in [-0.2, -0.15) is 4.39 Å². The van der Waals surface area contributed by atoms with Crippen LogP contribution in [0.5, 0.6) is 0 Å². The predicted octanol–water partition coefficient (Wildman–Crippen LogP) is 1.52. The predicted molar refractivity (Wildman–Crippen MR) is 64.1 cm³/mol. The van der Waals surface area contributed by atoms with Crippen LogP contribution in [0.25, 0.3) is 0 Å². The van der Waals surface area contributed by atoms with Crippen molar-refractivity contribution in [2.75, 3.05) is 6.54 Å². The van der Waals surface area contributed by atoms with Gasteiger partial charge in [-0.1, -0.05) is 0 Å². The average Bonchev–Trinajstić information content (AvgIpc) is 2.33. The Morgan fingerprint density at radius 1 is 1.45 bits per heavy atom. The second kappa shape index (κ2) is 5.12. The Bertz CT molecular complexity index is 573. The number of benzene rings is 1. The van der Waals surface area contributed by atoms with E-state index in [4.69, 9.17) is 0 Å². The number of halogens is 2. The van der Waals surface area contributed by atoms with Crippen molar-refractivity contribution in [2.45, 2.75) is 24.9 Å². The van der Waals surface area contributed by atoms with Crippen LogP contribution in [0.3, 0.4) is 0 Å². The van der Waals surface area contributed by atoms with Crippen molar-refractivity contribution in [1.82, 2.24) is 5.32 Å². The molecular weight excluding hydrogens is 274 g/mol. The van der Waals surface area contributed by atoms with Crippen molar-refractivity contribution < 1.29 is 23.6 Å². The lowest BCUT2D eigenvalue weighted by Gasteiger charge is -2.36. The van der Waals surface area contributed by atoms with E-state index in [0.29, 0.717) is 25.0 Å². The number of nitrogens with zero attached hydrogens (tertiary/aromatic N) is 1. The minimum absolute atomic E-state index is 0.145. The second-order valence-corrected chi connectivity index (χ2v) is 4.77. The van der Waals surface area contributed by atoms with E-state index in [2.05, 4.69) is 5.32 Å². The van der Waals surface area contributed by atoms with E-state index in [9.17, 15) is 28.8 Å². The van der Waals surface area contributed by atoms with Crippen LogP contribution in [-0.2, 0) is 0 Å². The third kappa shape index (κ3) is 2.60. The van der Waals surface area contributed by atoms with Crippen LogP contribution in [0.1, 0.15) is 29.6 Å². The summed E-state index contributed by atoms with van der Waals surface area (Å²) in [6, 6.07) is 1.31. The Kier molecular flexibility index (Phi) is 3.67. The van der Waals surface area contributed by atoms with E-state index < -0.39 is 39.3 Å². The Hall–Kier alpha value is -2.09. The fraction of sp³-hybridized carbons (Fsp3) is 0.417. The number of carbonyl (C=O) groups excluding carboxylic acids is 1. The maximum atomic E-state index is 13.7. The summed E-state index contributed by atoms with van der Waals surface area (Å²) in [4.78, 5) is 21.2. The van der Waals surface area contributed by atoms with Crippen molar-refractivity contribution in [3.05, 3.63) is 39.4 Å². The van der Waals surface area contributed by atoms with Crippen LogP contribution in [0.4, 0.5) is 14.5 Å². The van der Waals surface area contributed by atoms with E-state index in [-0.39, 0.29) is 6.54 Å². The number of hydrogen-bond donors (Lipinski definition) is 2. The van der Waals surface area contributed by atoms with Gasteiger partial charge in [-0.15, -0.1) is 0 Å². The SMILES string of the molecule is O=C(NCC1(O)CCC1)c1c(F)ccc([N+](=O)[O-])c1F. The summed E-state index contributed by atoms with van der Waals surface area (Å²) in [5.74, 6) is -3.83. The van der Waals surface area contributed by atoms with Crippen LogP contribution >= 0.6 is 0 Å². The zero-order chi connectivity index (χ0) is 14.9. The van der Waals surface area contributed by atoms with Gasteiger partial charge in [0.1, 0.15) is 11.4 Å². The molecule has 0 aliphatic heterocycles. The number of nitrogens with one attached hydrogen (secondary N) is 1. The Balaban J connectivity index is 2.20. The van der Waals surface area contributed by atoms with Crippen molar-refractivity contribution in [3.63, 3.8) is 0 Å². The number of nitro groups is 1. The summed E-state index contributed by atoms with van der Waals surface area (Å²) in [5, 5.41) is 22.5. The second-order valence-electron chi connectivity index (χ2n) is 4.77. The van der Waals surface area contributed by atoms with E-state index in [1.807, 2.05) is 0 Å². The number of nitro benzene ring substituents is 1. The van der Waals surface area contributed by atoms with Crippen LogP contribution in [-0.4, -0.2) is 28.1 Å². The molecule has 1 aromatic rings. The normalized spacial score (nSPS) is 16.4. The molecule has 0 atom stereocenters. The largest absolute Gasteiger partial charge is 0.388 e. The molecule has 0 radical (unpaired) electrons. The lowest BCUT2D eigenvalue weighted by Crippen LogP contribution is -2.48. The number of carbonyl (C=O) groups is 1. The molecule has 6 nitrogen and oxygen atoms in total. The van der Waals surface area contributed by atoms with Crippen LogP contribution in [0.2, 0.25) is 0 Å². The van der Waals surface area contributed by atoms with Crippen molar-refractivity contribution >= 4 is 11.6 Å². The highest BCUT2D eigenvalue weighted by Gasteiger charge is 2.35. The Morgan fingerprint density at radius 3 is 2.60 bits per heavy atom. The molecule has 1 saturated carbocycles. The van der Waals surface area contributed by atoms with E-state index in [1.54, 1.807) is 0 Å². The van der Waals surface area contributed by atoms with E-state index in [0.717, 1.165) is 6.42 Å². The van der Waals surface area contributed by atoms with Gasteiger partial charge < -0.3 is 10.4 Å². The van der Waals surface area contributed by atoms with Gasteiger partial charge in [0.05, 0.1) is 10.5 Å². The van der Waals surface area contributed by atoms with Gasteiger partial charge in [-0.3, -0.25) is 14.9 Å². The van der Waals surface area contributed by atoms with Crippen LogP contribution in [0, 0.1) is 21.7 Å². The molecule has 0 heterocycles. The van der Waals surface area contributed by atoms with Crippen LogP contribution in [0.15, 0.2) is 12.1 Å². The molecule has 1 fully saturated rings. The molecule has 8 heteroatoms. The molecule has 0 saturated heterocycles. The number of aliphatic hydroxyl groups is 1. The van der Waals surface area contributed by atoms with Crippen molar-refractivity contribution in [2.24, 2.45) is 0 Å². The lowest BCUT2D eigenvalue weighted by molar-refractivity contribution is -0.387. The monoisotopic (exact) mass is 286 g/mol. The molecule has 2 rings (SSSR count). The van der Waals surface area contributed by atoms with Gasteiger partial charge in [0.15, 0.2) is 0 Å². The minimum atomic E-state index is -1.52. The van der Waals surface area contributed by atoms with Gasteiger partial charge in [-0.25, -0.2) is 4.39 Å². The number of amides is 1. The smallest absolute Gasteiger partial charge is 0.305 e. The summed E-state index contributed by atoms with van der Waals surface area (Å²) in [6.07, 6.45) is 1.80. The molecule has 1 amide bonds. The van der Waals surface area contributed by atoms with E-state index >= 15 is 0 Å². The first-order chi connectivity index (χ1) is 9.34. The third-order valence-corrected chi connectivity index (χ3v) is 3.36. The molecule has 0 bridgehead atoms. The minimum Gasteiger partial charge on any atom is -0.388 e. The topological polar surface area (TPSA) is 92.5 Å². The summed E-state index contributed by atoms with van der Waals surface area (Å²) in [7, 11) is 0. The van der Waals surface area contributed by atoms with Gasteiger partial charge in [0.25, 0.3) is 5.91 Å². The molecule has 0 aromatic heterocycles. The maximum absolute atomic E-state index is 13.7. The summed E-state index contributed by atoms with van der Waals surface area (Å²) >= 11 is 0. The molecule has 1 aliphatic carbocycles. The fourth-order valence-corrected chi connectivity index (χ4v) is 1.99. The standard InChI is InChI=1S/C12H12F2N2O4/c13-7-2-3-8(16(19)20)10(14)9(7)11(17)15-6-12(18)4-1-5-12/h2-3,18H,1,4-6H2,(H,15,17). The zero-order valence-corrected chi connectivity index (χ0v) is 10.4. The maximum Gasteiger partial charge on any atom is 0.305 e. The molecule has 1 aliphatic rings. The molecule has 2 N–H and O–H groups in total. The number of rotatable bonds is 4. The average molecular weight is 286 g/mol. The lowest BCUT2D eigenvalue weighted by atomic mass is 9.80.